The second-order valence-electron chi connectivity index (χ2n) is 6.39. The minimum atomic E-state index is -0.0431. The van der Waals surface area contributed by atoms with Crippen LogP contribution in [0.5, 0.6) is 11.5 Å². The van der Waals surface area contributed by atoms with Crippen LogP contribution in [0, 0.1) is 0 Å². The maximum Gasteiger partial charge on any atom is 0.240 e. The summed E-state index contributed by atoms with van der Waals surface area (Å²) in [4.78, 5) is 11.8. The molecule has 25 heavy (non-hydrogen) atoms. The van der Waals surface area contributed by atoms with Crippen molar-refractivity contribution in [2.75, 3.05) is 7.11 Å². The van der Waals surface area contributed by atoms with Gasteiger partial charge < -0.3 is 9.47 Å². The monoisotopic (exact) mass is 348 g/mol. The number of nitrogens with one attached hydrogen (secondary N) is 1. The van der Waals surface area contributed by atoms with Crippen molar-refractivity contribution < 1.29 is 14.3 Å². The van der Waals surface area contributed by atoms with E-state index in [0.29, 0.717) is 17.9 Å². The lowest BCUT2D eigenvalue weighted by atomic mass is 10.1. The lowest BCUT2D eigenvalue weighted by Crippen LogP contribution is -2.16. The Balaban J connectivity index is 2.38. The fraction of sp³-hybridized carbons (Fsp3) is 0.600. The van der Waals surface area contributed by atoms with Crippen molar-refractivity contribution in [2.45, 2.75) is 71.8 Å². The minimum Gasteiger partial charge on any atom is -0.493 e. The molecule has 1 aromatic rings. The number of amides is 1. The van der Waals surface area contributed by atoms with Gasteiger partial charge in [-0.15, -0.1) is 0 Å². The first-order valence-corrected chi connectivity index (χ1v) is 9.23. The maximum atomic E-state index is 11.8. The summed E-state index contributed by atoms with van der Waals surface area (Å²) in [6.07, 6.45) is 9.21. The highest BCUT2D eigenvalue weighted by molar-refractivity contribution is 5.83. The van der Waals surface area contributed by atoms with Crippen LogP contribution in [0.25, 0.3) is 0 Å². The van der Waals surface area contributed by atoms with Crippen molar-refractivity contribution in [3.8, 4) is 11.5 Å². The maximum absolute atomic E-state index is 11.8. The molecule has 0 heterocycles. The van der Waals surface area contributed by atoms with Crippen LogP contribution in [0.15, 0.2) is 23.3 Å². The highest BCUT2D eigenvalue weighted by Crippen LogP contribution is 2.28. The normalized spacial score (nSPS) is 11.1. The topological polar surface area (TPSA) is 59.9 Å². The Morgan fingerprint density at radius 3 is 2.56 bits per heavy atom. The Labute approximate surface area is 151 Å². The van der Waals surface area contributed by atoms with E-state index in [1.165, 1.54) is 25.7 Å². The molecule has 0 aliphatic carbocycles. The predicted molar refractivity (Wildman–Crippen MR) is 102 cm³/mol. The SMILES string of the molecule is CCCCCCCCC(=O)NN=Cc1ccc(OC(C)C)c(OC)c1. The van der Waals surface area contributed by atoms with Crippen molar-refractivity contribution in [3.63, 3.8) is 0 Å². The first-order valence-electron chi connectivity index (χ1n) is 9.23. The van der Waals surface area contributed by atoms with Gasteiger partial charge in [-0.1, -0.05) is 39.0 Å². The molecule has 0 saturated carbocycles. The third-order valence-corrected chi connectivity index (χ3v) is 3.71. The summed E-state index contributed by atoms with van der Waals surface area (Å²) >= 11 is 0. The summed E-state index contributed by atoms with van der Waals surface area (Å²) in [5, 5.41) is 4.01. The Kier molecular flexibility index (Phi) is 10.4. The number of hydrogen-bond acceptors (Lipinski definition) is 4. The summed E-state index contributed by atoms with van der Waals surface area (Å²) in [5.74, 6) is 1.30. The summed E-state index contributed by atoms with van der Waals surface area (Å²) in [6.45, 7) is 6.13. The van der Waals surface area contributed by atoms with Crippen molar-refractivity contribution in [1.82, 2.24) is 5.43 Å². The summed E-state index contributed by atoms with van der Waals surface area (Å²) in [5.41, 5.74) is 3.42. The van der Waals surface area contributed by atoms with Gasteiger partial charge >= 0.3 is 0 Å². The number of carbonyl (C=O) groups excluding carboxylic acids is 1. The van der Waals surface area contributed by atoms with Crippen LogP contribution in [-0.4, -0.2) is 25.3 Å². The van der Waals surface area contributed by atoms with Gasteiger partial charge in [0, 0.05) is 6.42 Å². The van der Waals surface area contributed by atoms with E-state index in [-0.39, 0.29) is 12.0 Å². The van der Waals surface area contributed by atoms with Gasteiger partial charge in [-0.2, -0.15) is 5.10 Å². The zero-order valence-electron chi connectivity index (χ0n) is 16.0. The van der Waals surface area contributed by atoms with E-state index in [1.807, 2.05) is 32.0 Å². The Morgan fingerprint density at radius 2 is 1.88 bits per heavy atom. The van der Waals surface area contributed by atoms with Crippen LogP contribution in [0.1, 0.15) is 71.3 Å². The van der Waals surface area contributed by atoms with Crippen molar-refractivity contribution >= 4 is 12.1 Å². The smallest absolute Gasteiger partial charge is 0.240 e. The van der Waals surface area contributed by atoms with Crippen LogP contribution in [0.3, 0.4) is 0 Å². The second kappa shape index (κ2) is 12.3. The van der Waals surface area contributed by atoms with Gasteiger partial charge in [0.1, 0.15) is 0 Å². The van der Waals surface area contributed by atoms with Gasteiger partial charge in [-0.3, -0.25) is 4.79 Å². The van der Waals surface area contributed by atoms with Gasteiger partial charge in [0.15, 0.2) is 11.5 Å². The average Bonchev–Trinajstić information content (AvgIpc) is 2.58. The van der Waals surface area contributed by atoms with Crippen molar-refractivity contribution in [2.24, 2.45) is 5.10 Å². The molecule has 1 aromatic carbocycles. The van der Waals surface area contributed by atoms with E-state index in [2.05, 4.69) is 17.5 Å². The molecule has 0 aliphatic rings. The number of carbonyl (C=O) groups is 1. The van der Waals surface area contributed by atoms with Crippen molar-refractivity contribution in [1.29, 1.82) is 0 Å². The van der Waals surface area contributed by atoms with Crippen LogP contribution in [0.2, 0.25) is 0 Å². The third kappa shape index (κ3) is 9.13. The molecule has 0 aliphatic heterocycles. The molecule has 0 unspecified atom stereocenters. The lowest BCUT2D eigenvalue weighted by Gasteiger charge is -2.13. The molecule has 140 valence electrons. The molecular weight excluding hydrogens is 316 g/mol. The largest absolute Gasteiger partial charge is 0.493 e. The molecule has 0 spiro atoms. The number of ether oxygens (including phenoxy) is 2. The zero-order chi connectivity index (χ0) is 18.5. The van der Waals surface area contributed by atoms with Gasteiger partial charge in [0.25, 0.3) is 0 Å². The standard InChI is InChI=1S/C20H32N2O3/c1-5-6-7-8-9-10-11-20(23)22-21-15-17-12-13-18(25-16(2)3)19(14-17)24-4/h12-16H,5-11H2,1-4H3,(H,22,23). The Morgan fingerprint density at radius 1 is 1.16 bits per heavy atom. The first-order chi connectivity index (χ1) is 12.1. The van der Waals surface area contributed by atoms with E-state index >= 15 is 0 Å². The average molecular weight is 348 g/mol. The van der Waals surface area contributed by atoms with E-state index < -0.39 is 0 Å². The molecule has 5 nitrogen and oxygen atoms in total. The van der Waals surface area contributed by atoms with Gasteiger partial charge in [-0.25, -0.2) is 5.43 Å². The number of benzene rings is 1. The molecule has 0 atom stereocenters. The van der Waals surface area contributed by atoms with Gasteiger partial charge in [-0.05, 0) is 44.0 Å². The number of nitrogens with zero attached hydrogens (tertiary/aromatic N) is 1. The molecule has 0 saturated heterocycles. The minimum absolute atomic E-state index is 0.0431. The van der Waals surface area contributed by atoms with E-state index in [9.17, 15) is 4.79 Å². The van der Waals surface area contributed by atoms with Crippen LogP contribution in [0.4, 0.5) is 0 Å². The third-order valence-electron chi connectivity index (χ3n) is 3.71. The number of methoxy groups -OCH3 is 1. The number of rotatable bonds is 12. The van der Waals surface area contributed by atoms with Crippen LogP contribution >= 0.6 is 0 Å². The summed E-state index contributed by atoms with van der Waals surface area (Å²) < 4.78 is 11.0. The highest BCUT2D eigenvalue weighted by Gasteiger charge is 2.06. The predicted octanol–water partition coefficient (Wildman–Crippen LogP) is 4.68. The number of unbranched alkanes of at least 4 members (excludes halogenated alkanes) is 5. The van der Waals surface area contributed by atoms with Crippen LogP contribution in [-0.2, 0) is 4.79 Å². The van der Waals surface area contributed by atoms with E-state index in [4.69, 9.17) is 9.47 Å². The molecule has 0 bridgehead atoms. The molecule has 1 rings (SSSR count). The lowest BCUT2D eigenvalue weighted by molar-refractivity contribution is -0.121. The molecule has 1 amide bonds. The first kappa shape index (κ1) is 21.0. The van der Waals surface area contributed by atoms with E-state index in [1.54, 1.807) is 13.3 Å². The molecule has 0 aromatic heterocycles. The summed E-state index contributed by atoms with van der Waals surface area (Å²) in [7, 11) is 1.60. The molecular formula is C20H32N2O3. The molecule has 0 fully saturated rings. The van der Waals surface area contributed by atoms with Gasteiger partial charge in [0.2, 0.25) is 5.91 Å². The number of hydrogen-bond donors (Lipinski definition) is 1. The van der Waals surface area contributed by atoms with Crippen LogP contribution < -0.4 is 14.9 Å². The Bertz CT molecular complexity index is 542. The second-order valence-corrected chi connectivity index (χ2v) is 6.39. The fourth-order valence-electron chi connectivity index (χ4n) is 2.42. The van der Waals surface area contributed by atoms with Crippen molar-refractivity contribution in [3.05, 3.63) is 23.8 Å². The molecule has 1 N–H and O–H groups in total. The Hall–Kier alpha value is -2.04. The fourth-order valence-corrected chi connectivity index (χ4v) is 2.42. The highest BCUT2D eigenvalue weighted by atomic mass is 16.5. The van der Waals surface area contributed by atoms with Gasteiger partial charge in [0.05, 0.1) is 19.4 Å². The van der Waals surface area contributed by atoms with E-state index in [0.717, 1.165) is 18.4 Å². The summed E-state index contributed by atoms with van der Waals surface area (Å²) in [6, 6.07) is 5.56. The molecule has 5 heteroatoms. The zero-order valence-corrected chi connectivity index (χ0v) is 16.0. The molecule has 0 radical (unpaired) electrons. The number of hydrazone groups is 1. The quantitative estimate of drug-likeness (QED) is 0.339.